The molecule has 0 aliphatic carbocycles. The summed E-state index contributed by atoms with van der Waals surface area (Å²) in [5.41, 5.74) is 0. The first-order valence-electron chi connectivity index (χ1n) is 5.56. The van der Waals surface area contributed by atoms with Crippen molar-refractivity contribution in [3.05, 3.63) is 0 Å². The topological polar surface area (TPSA) is 487 Å². The minimum absolute atomic E-state index is 0. The molecular formula is C7H7BaCuO28Y. The van der Waals surface area contributed by atoms with Crippen LogP contribution in [0.3, 0.4) is 0 Å². The van der Waals surface area contributed by atoms with Crippen molar-refractivity contribution < 1.29 is 190 Å². The van der Waals surface area contributed by atoms with Crippen molar-refractivity contribution in [1.29, 1.82) is 0 Å². The second kappa shape index (κ2) is 59.7. The molecule has 0 saturated carbocycles. The number of hydrogen-bond acceptors (Lipinski definition) is 28. The largest absolute Gasteiger partial charge is 3.00 e. The van der Waals surface area contributed by atoms with Crippen molar-refractivity contribution in [1.82, 2.24) is 0 Å². The van der Waals surface area contributed by atoms with Gasteiger partial charge in [-0.05, 0) is 0 Å². The smallest absolute Gasteiger partial charge is 0.424 e. The Morgan fingerprint density at radius 1 is 0.342 bits per heavy atom. The SMILES string of the molecule is O=C([O-])OO.O=C([O-])OO.O=C([O-])OO.O=C([O-])OO.O=C([O-])OO.O=C([O-])OO.O=C([O-])OO.[Ba+2].[Cu+2].[Y+3]. The van der Waals surface area contributed by atoms with Gasteiger partial charge in [-0.3, -0.25) is 36.8 Å². The number of carboxylic acid groups (broad SMARTS) is 7. The molecule has 7 N–H and O–H groups in total. The second-order valence-electron chi connectivity index (χ2n) is 2.39. The molecule has 0 aliphatic rings. The van der Waals surface area contributed by atoms with E-state index in [4.69, 9.17) is 106 Å². The van der Waals surface area contributed by atoms with Crippen LogP contribution in [-0.4, -0.2) is 129 Å². The van der Waals surface area contributed by atoms with E-state index in [0.717, 1.165) is 0 Å². The molecule has 0 saturated heterocycles. The molecule has 0 amide bonds. The first-order chi connectivity index (χ1) is 15.9. The van der Waals surface area contributed by atoms with E-state index < -0.39 is 43.1 Å². The van der Waals surface area contributed by atoms with Crippen LogP contribution >= 0.6 is 0 Å². The Kier molecular flexibility index (Phi) is 102. The van der Waals surface area contributed by atoms with Gasteiger partial charge in [0.05, 0.1) is 0 Å². The summed E-state index contributed by atoms with van der Waals surface area (Å²) in [5.74, 6) is 0. The number of carbonyl (C=O) groups is 7. The average Bonchev–Trinajstić information content (AvgIpc) is 2.80. The van der Waals surface area contributed by atoms with Crippen LogP contribution in [0.5, 0.6) is 0 Å². The van der Waals surface area contributed by atoms with Gasteiger partial charge in [0.2, 0.25) is 0 Å². The minimum Gasteiger partial charge on any atom is -0.424 e. The van der Waals surface area contributed by atoms with Gasteiger partial charge >= 0.3 is 98.7 Å². The van der Waals surface area contributed by atoms with Crippen LogP contribution < -0.4 is 35.7 Å². The van der Waals surface area contributed by atoms with Crippen LogP contribution in [-0.2, 0) is 84.0 Å². The van der Waals surface area contributed by atoms with E-state index >= 15 is 0 Å². The maximum absolute atomic E-state index is 8.78. The summed E-state index contributed by atoms with van der Waals surface area (Å²) in [4.78, 5) is 79.4. The van der Waals surface area contributed by atoms with E-state index in [0.29, 0.717) is 0 Å². The number of rotatable bonds is 0. The minimum atomic E-state index is -1.94. The first-order valence-corrected chi connectivity index (χ1v) is 5.56. The van der Waals surface area contributed by atoms with Crippen LogP contribution in [0.1, 0.15) is 0 Å². The van der Waals surface area contributed by atoms with Crippen LogP contribution in [0.2, 0.25) is 0 Å². The van der Waals surface area contributed by atoms with E-state index in [-0.39, 0.29) is 98.7 Å². The third kappa shape index (κ3) is 261. The molecule has 1 radical (unpaired) electrons. The van der Waals surface area contributed by atoms with Gasteiger partial charge in [0, 0.05) is 0 Å². The van der Waals surface area contributed by atoms with Gasteiger partial charge < -0.3 is 104 Å². The Morgan fingerprint density at radius 3 is 0.368 bits per heavy atom. The predicted octanol–water partition coefficient (Wildman–Crippen LogP) is -8.65. The first kappa shape index (κ1) is 65.1. The molecule has 0 fully saturated rings. The van der Waals surface area contributed by atoms with Gasteiger partial charge in [-0.2, -0.15) is 0 Å². The van der Waals surface area contributed by atoms with Gasteiger partial charge in [0.15, 0.2) is 0 Å². The third-order valence-electron chi connectivity index (χ3n) is 0.522. The summed E-state index contributed by atoms with van der Waals surface area (Å²) in [5, 5.41) is 110. The summed E-state index contributed by atoms with van der Waals surface area (Å²) >= 11 is 0. The zero-order valence-electron chi connectivity index (χ0n) is 16.8. The molecule has 31 heteroatoms. The van der Waals surface area contributed by atoms with Crippen LogP contribution in [0, 0.1) is 0 Å². The third-order valence-corrected chi connectivity index (χ3v) is 0.522. The van der Waals surface area contributed by atoms with Crippen molar-refractivity contribution in [2.45, 2.75) is 0 Å². The van der Waals surface area contributed by atoms with Crippen LogP contribution in [0.4, 0.5) is 33.6 Å². The molecule has 0 spiro atoms. The molecule has 0 unspecified atom stereocenters. The van der Waals surface area contributed by atoms with Gasteiger partial charge in [-0.15, -0.1) is 0 Å². The maximum atomic E-state index is 8.78. The van der Waals surface area contributed by atoms with Gasteiger partial charge in [0.1, 0.15) is 0 Å². The van der Waals surface area contributed by atoms with E-state index in [1.165, 1.54) is 0 Å². The Morgan fingerprint density at radius 2 is 0.368 bits per heavy atom. The van der Waals surface area contributed by atoms with Crippen molar-refractivity contribution in [3.8, 4) is 0 Å². The maximum Gasteiger partial charge on any atom is 3.00 e. The average molecular weight is 829 g/mol. The molecule has 0 aromatic carbocycles. The Balaban J connectivity index is -0.0000000297. The summed E-state index contributed by atoms with van der Waals surface area (Å²) in [7, 11) is 0. The molecule has 38 heavy (non-hydrogen) atoms. The summed E-state index contributed by atoms with van der Waals surface area (Å²) in [6.45, 7) is 0. The molecule has 0 aromatic heterocycles. The predicted molar refractivity (Wildman–Crippen MR) is 69.5 cm³/mol. The van der Waals surface area contributed by atoms with E-state index in [2.05, 4.69) is 34.2 Å². The van der Waals surface area contributed by atoms with Crippen LogP contribution in [0.15, 0.2) is 0 Å². The quantitative estimate of drug-likeness (QED) is 0.0516. The Labute approximate surface area is 279 Å². The van der Waals surface area contributed by atoms with E-state index in [9.17, 15) is 0 Å². The fourth-order valence-electron chi connectivity index (χ4n) is 0. The number of hydrogen-bond donors (Lipinski definition) is 7. The van der Waals surface area contributed by atoms with Crippen molar-refractivity contribution in [2.24, 2.45) is 0 Å². The van der Waals surface area contributed by atoms with Crippen molar-refractivity contribution in [3.63, 3.8) is 0 Å². The van der Waals surface area contributed by atoms with Gasteiger partial charge in [-0.1, -0.05) is 0 Å². The standard InChI is InChI=1S/7CH2O4.Ba.Cu.Y/c7*2-1(3)5-4;;;/h7*4H,(H,2,3);;;/q;;;;;;;2*+2;+3/p-7. The van der Waals surface area contributed by atoms with Crippen LogP contribution in [0.25, 0.3) is 0 Å². The fraction of sp³-hybridized carbons (Fsp3) is 0. The molecule has 0 heterocycles. The second-order valence-corrected chi connectivity index (χ2v) is 2.39. The molecule has 0 atom stereocenters. The monoisotopic (exact) mass is 829 g/mol. The summed E-state index contributed by atoms with van der Waals surface area (Å²) in [6.07, 6.45) is -13.6. The van der Waals surface area contributed by atoms with E-state index in [1.54, 1.807) is 0 Å². The molecule has 0 rings (SSSR count). The fourth-order valence-corrected chi connectivity index (χ4v) is 0. The van der Waals surface area contributed by atoms with Gasteiger partial charge in [-0.25, -0.2) is 0 Å². The van der Waals surface area contributed by atoms with Gasteiger partial charge in [0.25, 0.3) is 43.1 Å². The number of carbonyl (C=O) groups excluding carboxylic acids is 7. The van der Waals surface area contributed by atoms with E-state index in [1.807, 2.05) is 0 Å². The normalized spacial score (nSPS) is 6.08. The molecule has 219 valence electrons. The summed E-state index contributed by atoms with van der Waals surface area (Å²) < 4.78 is 0. The van der Waals surface area contributed by atoms with Crippen molar-refractivity contribution in [2.75, 3.05) is 0 Å². The Bertz CT molecular complexity index is 430. The molecular weight excluding hydrogens is 822 g/mol. The molecule has 0 aliphatic heterocycles. The Hall–Kier alpha value is -2.20. The zero-order valence-corrected chi connectivity index (χ0v) is 25.0. The zero-order chi connectivity index (χ0) is 30.0. The van der Waals surface area contributed by atoms with Crippen molar-refractivity contribution >= 4 is 92.0 Å². The molecule has 28 nitrogen and oxygen atoms in total. The molecule has 0 bridgehead atoms. The summed E-state index contributed by atoms with van der Waals surface area (Å²) in [6, 6.07) is 0. The molecule has 0 aromatic rings.